The minimum Gasteiger partial charge on any atom is -0.756 e. The molecule has 1 saturated heterocycles. The van der Waals surface area contributed by atoms with Gasteiger partial charge in [-0.25, -0.2) is 25.9 Å². The predicted octanol–water partition coefficient (Wildman–Crippen LogP) is -21.1. The summed E-state index contributed by atoms with van der Waals surface area (Å²) in [5, 5.41) is 0. The maximum atomic E-state index is 11.0. The smallest absolute Gasteiger partial charge is 0.756 e. The van der Waals surface area contributed by atoms with Gasteiger partial charge in [-0.1, -0.05) is 0 Å². The Kier molecular flexibility index (Phi) is 43.6. The van der Waals surface area contributed by atoms with Crippen LogP contribution in [0.4, 0.5) is 0 Å². The van der Waals surface area contributed by atoms with Crippen LogP contribution in [0, 0.1) is 0 Å². The second-order valence-corrected chi connectivity index (χ2v) is 12.5. The molecule has 0 amide bonds. The molecular formula is Cs6O18P6. The molecule has 0 aromatic rings. The van der Waals surface area contributed by atoms with Crippen molar-refractivity contribution in [2.24, 2.45) is 0 Å². The summed E-state index contributed by atoms with van der Waals surface area (Å²) >= 11 is 0. The van der Waals surface area contributed by atoms with Gasteiger partial charge in [0.1, 0.15) is 0 Å². The van der Waals surface area contributed by atoms with Crippen LogP contribution in [-0.4, -0.2) is 0 Å². The normalized spacial score (nSPS) is 44.2. The molecule has 0 radical (unpaired) electrons. The number of rotatable bonds is 0. The van der Waals surface area contributed by atoms with E-state index in [2.05, 4.69) is 25.9 Å². The Bertz CT molecular complexity index is 596. The molecule has 30 heavy (non-hydrogen) atoms. The first-order valence-corrected chi connectivity index (χ1v) is 13.1. The van der Waals surface area contributed by atoms with E-state index >= 15 is 0 Å². The molecule has 0 unspecified atom stereocenters. The molecule has 0 aromatic carbocycles. The Morgan fingerprint density at radius 2 is 0.367 bits per heavy atom. The topological polar surface area (TPSA) is 296 Å². The van der Waals surface area contributed by atoms with Crippen LogP contribution in [0.15, 0.2) is 0 Å². The van der Waals surface area contributed by atoms with Gasteiger partial charge < -0.3 is 29.4 Å². The monoisotopic (exact) mass is 1270 g/mol. The van der Waals surface area contributed by atoms with E-state index < -0.39 is 46.9 Å². The molecule has 1 rings (SSSR count). The minimum atomic E-state index is -6.56. The Balaban J connectivity index is -0.000000240. The first-order chi connectivity index (χ1) is 10.2. The van der Waals surface area contributed by atoms with Gasteiger partial charge in [-0.3, -0.25) is 27.4 Å². The van der Waals surface area contributed by atoms with Gasteiger partial charge in [0.25, 0.3) is 46.9 Å². The van der Waals surface area contributed by atoms with Crippen molar-refractivity contribution < 1.29 is 496 Å². The SMILES string of the molecule is O=P1([O-])OP(=O)([O-])OP(=O)([O-])OP(=O)([O-])OP(=O)([O-])OP(=O)([O-])O1.[Cs+].[Cs+].[Cs+].[Cs+].[Cs+].[Cs+]. The van der Waals surface area contributed by atoms with Gasteiger partial charge in [-0.15, -0.1) is 0 Å². The summed E-state index contributed by atoms with van der Waals surface area (Å²) in [6.07, 6.45) is 0. The summed E-state index contributed by atoms with van der Waals surface area (Å²) in [6.45, 7) is 0. The Morgan fingerprint density at radius 3 is 0.433 bits per heavy atom. The Morgan fingerprint density at radius 1 is 0.300 bits per heavy atom. The third kappa shape index (κ3) is 27.5. The molecule has 18 nitrogen and oxygen atoms in total. The third-order valence-corrected chi connectivity index (χ3v) is 10.8. The average molecular weight is 1270 g/mol. The van der Waals surface area contributed by atoms with E-state index in [1.807, 2.05) is 0 Å². The Hall–Kier alpha value is 13.2. The maximum Gasteiger partial charge on any atom is 1.00 e. The molecule has 30 heteroatoms. The summed E-state index contributed by atoms with van der Waals surface area (Å²) in [4.78, 5) is 65.8. The van der Waals surface area contributed by atoms with E-state index in [1.54, 1.807) is 0 Å². The molecule has 0 N–H and O–H groups in total. The second kappa shape index (κ2) is 23.5. The van der Waals surface area contributed by atoms with Gasteiger partial charge in [0.2, 0.25) is 0 Å². The van der Waals surface area contributed by atoms with Crippen LogP contribution >= 0.6 is 46.9 Å². The summed E-state index contributed by atoms with van der Waals surface area (Å²) in [7, 11) is -39.3. The molecule has 1 heterocycles. The van der Waals surface area contributed by atoms with E-state index in [0.29, 0.717) is 0 Å². The molecular weight excluding hydrogens is 1270 g/mol. The number of hydrogen-bond donors (Lipinski definition) is 0. The zero-order chi connectivity index (χ0) is 19.2. The van der Waals surface area contributed by atoms with Crippen molar-refractivity contribution in [1.82, 2.24) is 0 Å². The fourth-order valence-corrected chi connectivity index (χ4v) is 9.03. The van der Waals surface area contributed by atoms with Crippen molar-refractivity contribution in [3.63, 3.8) is 0 Å². The van der Waals surface area contributed by atoms with Crippen molar-refractivity contribution in [2.45, 2.75) is 0 Å². The molecule has 0 saturated carbocycles. The van der Waals surface area contributed by atoms with Crippen molar-refractivity contribution in [2.75, 3.05) is 0 Å². The molecule has 0 atom stereocenters. The largest absolute Gasteiger partial charge is 1.00 e. The van der Waals surface area contributed by atoms with E-state index in [-0.39, 0.29) is 413 Å². The fourth-order valence-electron chi connectivity index (χ4n) is 0.824. The fraction of sp³-hybridized carbons (Fsp3) is 0. The second-order valence-electron chi connectivity index (χ2n) is 3.17. The molecule has 0 bridgehead atoms. The maximum absolute atomic E-state index is 11.0. The van der Waals surface area contributed by atoms with Crippen LogP contribution in [0.1, 0.15) is 0 Å². The third-order valence-electron chi connectivity index (χ3n) is 1.20. The summed E-state index contributed by atoms with van der Waals surface area (Å²) in [6, 6.07) is 0. The first kappa shape index (κ1) is 55.6. The van der Waals surface area contributed by atoms with Gasteiger partial charge in [0, 0.05) is 0 Å². The zero-order valence-corrected chi connectivity index (χ0v) is 59.1. The summed E-state index contributed by atoms with van der Waals surface area (Å²) in [5.74, 6) is 0. The van der Waals surface area contributed by atoms with Crippen LogP contribution in [0.3, 0.4) is 0 Å². The molecule has 1 aliphatic heterocycles. The number of hydrogen-bond acceptors (Lipinski definition) is 18. The van der Waals surface area contributed by atoms with Gasteiger partial charge in [0.15, 0.2) is 0 Å². The van der Waals surface area contributed by atoms with Crippen molar-refractivity contribution in [1.29, 1.82) is 0 Å². The van der Waals surface area contributed by atoms with E-state index in [1.165, 1.54) is 0 Å². The molecule has 0 aliphatic carbocycles. The van der Waals surface area contributed by atoms with Crippen LogP contribution in [0.5, 0.6) is 0 Å². The van der Waals surface area contributed by atoms with Gasteiger partial charge in [0.05, 0.1) is 0 Å². The molecule has 144 valence electrons. The van der Waals surface area contributed by atoms with Gasteiger partial charge in [-0.2, -0.15) is 0 Å². The molecule has 0 aromatic heterocycles. The van der Waals surface area contributed by atoms with E-state index in [9.17, 15) is 56.8 Å². The predicted molar refractivity (Wildman–Crippen MR) is 52.1 cm³/mol. The summed E-state index contributed by atoms with van der Waals surface area (Å²) < 4.78 is 83.4. The quantitative estimate of drug-likeness (QED) is 0.204. The van der Waals surface area contributed by atoms with Crippen LogP contribution in [-0.2, 0) is 53.3 Å². The van der Waals surface area contributed by atoms with Crippen molar-refractivity contribution in [3.8, 4) is 0 Å². The minimum absolute atomic E-state index is 0. The van der Waals surface area contributed by atoms with E-state index in [0.717, 1.165) is 0 Å². The van der Waals surface area contributed by atoms with Gasteiger partial charge in [-0.05, 0) is 0 Å². The summed E-state index contributed by atoms with van der Waals surface area (Å²) in [5.41, 5.74) is 0. The van der Waals surface area contributed by atoms with Crippen molar-refractivity contribution >= 4 is 46.9 Å². The number of phosphoric acid groups is 6. The Labute approximate surface area is 522 Å². The van der Waals surface area contributed by atoms with E-state index in [4.69, 9.17) is 0 Å². The molecule has 0 spiro atoms. The van der Waals surface area contributed by atoms with Crippen LogP contribution in [0.25, 0.3) is 0 Å². The van der Waals surface area contributed by atoms with Crippen LogP contribution in [0.2, 0.25) is 0 Å². The zero-order valence-electron chi connectivity index (χ0n) is 16.0. The van der Waals surface area contributed by atoms with Crippen molar-refractivity contribution in [3.05, 3.63) is 0 Å². The standard InChI is InChI=1S/6Cs.H6O18P6/c;;;;;;1-19(2)13-20(3,4)15-22(7,8)17-24(11,12)18-23(9,10)16-21(5,6)14-19/h;;;;;;(H,1,2)(H,3,4)(H,5,6)(H,7,8)(H,9,10)(H,11,12)/q6*+1;/p-6. The molecule has 1 fully saturated rings. The van der Waals surface area contributed by atoms with Gasteiger partial charge >= 0.3 is 413 Å². The average Bonchev–Trinajstić information content (AvgIpc) is 1.98. The molecule has 1 aliphatic rings. The first-order valence-electron chi connectivity index (χ1n) is 4.38. The van der Waals surface area contributed by atoms with Crippen LogP contribution < -0.4 is 443 Å².